The minimum absolute atomic E-state index is 0.111. The third-order valence-corrected chi connectivity index (χ3v) is 6.03. The van der Waals surface area contributed by atoms with Crippen molar-refractivity contribution in [3.63, 3.8) is 0 Å². The maximum absolute atomic E-state index is 12.4. The number of nitrogens with one attached hydrogen (secondary N) is 1. The van der Waals surface area contributed by atoms with Gasteiger partial charge < -0.3 is 0 Å². The number of rotatable bonds is 6. The Morgan fingerprint density at radius 3 is 2.58 bits per heavy atom. The highest BCUT2D eigenvalue weighted by molar-refractivity contribution is 7.93. The lowest BCUT2D eigenvalue weighted by Crippen LogP contribution is -2.18. The zero-order valence-corrected chi connectivity index (χ0v) is 13.5. The number of thiazole rings is 1. The molecule has 0 amide bonds. The van der Waals surface area contributed by atoms with Gasteiger partial charge in [-0.05, 0) is 17.3 Å². The van der Waals surface area contributed by atoms with Gasteiger partial charge >= 0.3 is 0 Å². The van der Waals surface area contributed by atoms with E-state index in [1.165, 1.54) is 17.5 Å². The summed E-state index contributed by atoms with van der Waals surface area (Å²) in [5.74, 6) is -2.05. The Balaban J connectivity index is 1.79. The molecule has 2 heterocycles. The van der Waals surface area contributed by atoms with E-state index in [1.807, 2.05) is 0 Å². The van der Waals surface area contributed by atoms with Crippen LogP contribution >= 0.6 is 11.3 Å². The Kier molecular flexibility index (Phi) is 4.27. The molecule has 0 bridgehead atoms. The van der Waals surface area contributed by atoms with E-state index in [0.717, 1.165) is 11.3 Å². The van der Waals surface area contributed by atoms with Crippen LogP contribution in [-0.4, -0.2) is 45.6 Å². The number of aromatic nitrogens is 5. The van der Waals surface area contributed by atoms with E-state index in [4.69, 9.17) is 0 Å². The van der Waals surface area contributed by atoms with Gasteiger partial charge in [0.1, 0.15) is 0 Å². The van der Waals surface area contributed by atoms with Crippen LogP contribution in [0.2, 0.25) is 0 Å². The highest BCUT2D eigenvalue weighted by Gasteiger charge is 2.25. The van der Waals surface area contributed by atoms with Crippen LogP contribution in [0.25, 0.3) is 0 Å². The molecule has 2 aromatic heterocycles. The average molecular weight is 363 g/mol. The number of ketones is 2. The fraction of sp³-hybridized carbons (Fsp3) is 0.0769. The normalized spacial score (nSPS) is 11.3. The Hall–Kier alpha value is -2.79. The van der Waals surface area contributed by atoms with Gasteiger partial charge in [0.25, 0.3) is 5.78 Å². The molecule has 11 heteroatoms. The monoisotopic (exact) mass is 363 g/mol. The van der Waals surface area contributed by atoms with Crippen LogP contribution in [0.5, 0.6) is 0 Å². The van der Waals surface area contributed by atoms with Crippen molar-refractivity contribution >= 4 is 32.7 Å². The lowest BCUT2D eigenvalue weighted by molar-refractivity contribution is -0.114. The molecule has 0 unspecified atom stereocenters. The summed E-state index contributed by atoms with van der Waals surface area (Å²) in [4.78, 5) is 27.7. The number of carbonyl (C=O) groups excluding carboxylic acids is 2. The van der Waals surface area contributed by atoms with Gasteiger partial charge in [-0.15, -0.1) is 21.5 Å². The topological polar surface area (TPSA) is 136 Å². The summed E-state index contributed by atoms with van der Waals surface area (Å²) in [5, 5.41) is 13.6. The molecule has 0 saturated carbocycles. The number of nitrogens with zero attached hydrogens (tertiary/aromatic N) is 4. The molecule has 0 aliphatic heterocycles. The van der Waals surface area contributed by atoms with Gasteiger partial charge in [0, 0.05) is 5.38 Å². The maximum Gasteiger partial charge on any atom is 0.269 e. The fourth-order valence-corrected chi connectivity index (χ4v) is 4.26. The zero-order chi connectivity index (χ0) is 17.2. The number of H-pyrrole nitrogens is 1. The number of tetrazole rings is 1. The molecule has 0 spiro atoms. The first-order valence-corrected chi connectivity index (χ1v) is 8.90. The number of carbonyl (C=O) groups is 2. The molecule has 122 valence electrons. The van der Waals surface area contributed by atoms with Gasteiger partial charge in [-0.1, -0.05) is 18.2 Å². The van der Waals surface area contributed by atoms with E-state index in [2.05, 4.69) is 25.6 Å². The lowest BCUT2D eigenvalue weighted by atomic mass is 10.1. The molecule has 3 aromatic rings. The van der Waals surface area contributed by atoms with Gasteiger partial charge in [0.2, 0.25) is 25.8 Å². The van der Waals surface area contributed by atoms with Crippen LogP contribution in [0.4, 0.5) is 0 Å². The van der Waals surface area contributed by atoms with E-state index in [9.17, 15) is 18.0 Å². The van der Waals surface area contributed by atoms with Gasteiger partial charge in [0.15, 0.2) is 0 Å². The first-order valence-electron chi connectivity index (χ1n) is 6.54. The largest absolute Gasteiger partial charge is 0.290 e. The molecule has 0 fully saturated rings. The first-order chi connectivity index (χ1) is 11.5. The number of hydrogen-bond donors (Lipinski definition) is 1. The second-order valence-electron chi connectivity index (χ2n) is 4.59. The zero-order valence-electron chi connectivity index (χ0n) is 11.9. The van der Waals surface area contributed by atoms with Crippen molar-refractivity contribution in [1.82, 2.24) is 25.6 Å². The fourth-order valence-electron chi connectivity index (χ4n) is 1.82. The summed E-state index contributed by atoms with van der Waals surface area (Å²) in [6.07, 6.45) is -0.339. The van der Waals surface area contributed by atoms with E-state index in [0.29, 0.717) is 0 Å². The molecule has 0 aliphatic rings. The smallest absolute Gasteiger partial charge is 0.269 e. The quantitative estimate of drug-likeness (QED) is 0.493. The second-order valence-corrected chi connectivity index (χ2v) is 7.57. The molecule has 0 saturated heterocycles. The number of sulfone groups is 1. The molecule has 9 nitrogen and oxygen atoms in total. The molecule has 3 rings (SSSR count). The van der Waals surface area contributed by atoms with Crippen LogP contribution in [-0.2, 0) is 21.1 Å². The molecular formula is C13H9N5O4S2. The third kappa shape index (κ3) is 3.12. The summed E-state index contributed by atoms with van der Waals surface area (Å²) >= 11 is 0.890. The minimum atomic E-state index is -3.75. The Bertz CT molecular complexity index is 981. The Morgan fingerprint density at radius 2 is 1.92 bits per heavy atom. The molecule has 24 heavy (non-hydrogen) atoms. The number of aromatic amines is 1. The lowest BCUT2D eigenvalue weighted by Gasteiger charge is -1.99. The van der Waals surface area contributed by atoms with E-state index in [1.54, 1.807) is 18.2 Å². The number of Topliss-reactive ketones (excluding diaryl/α,β-unsaturated/α-hetero) is 2. The number of benzene rings is 1. The Morgan fingerprint density at radius 1 is 1.17 bits per heavy atom. The van der Waals surface area contributed by atoms with Crippen molar-refractivity contribution in [2.24, 2.45) is 0 Å². The van der Waals surface area contributed by atoms with E-state index in [-0.39, 0.29) is 27.2 Å². The molecule has 0 radical (unpaired) electrons. The van der Waals surface area contributed by atoms with Crippen molar-refractivity contribution in [2.75, 3.05) is 0 Å². The predicted octanol–water partition coefficient (Wildman–Crippen LogP) is 0.483. The molecular weight excluding hydrogens is 354 g/mol. The first kappa shape index (κ1) is 16.1. The summed E-state index contributed by atoms with van der Waals surface area (Å²) in [6, 6.07) is 7.83. The number of hydrogen-bond acceptors (Lipinski definition) is 9. The van der Waals surface area contributed by atoms with Gasteiger partial charge in [-0.3, -0.25) is 9.59 Å². The predicted molar refractivity (Wildman–Crippen MR) is 81.2 cm³/mol. The van der Waals surface area contributed by atoms with Crippen molar-refractivity contribution in [1.29, 1.82) is 0 Å². The molecule has 1 N–H and O–H groups in total. The summed E-state index contributed by atoms with van der Waals surface area (Å²) in [7, 11) is -3.75. The van der Waals surface area contributed by atoms with Gasteiger partial charge in [-0.25, -0.2) is 13.4 Å². The highest BCUT2D eigenvalue weighted by Crippen LogP contribution is 2.24. The molecule has 1 aromatic carbocycles. The van der Waals surface area contributed by atoms with Crippen LogP contribution in [0, 0.1) is 0 Å². The van der Waals surface area contributed by atoms with Crippen LogP contribution in [0.1, 0.15) is 16.3 Å². The standard InChI is InChI=1S/C13H9N5O4S2/c19-10(11(20)12-15-17-18-16-12)6-8-7-23-13(14-8)24(21,22)9-4-2-1-3-5-9/h1-5,7H,6H2,(H,15,16,17,18). The van der Waals surface area contributed by atoms with E-state index >= 15 is 0 Å². The summed E-state index contributed by atoms with van der Waals surface area (Å²) < 4.78 is 24.7. The maximum atomic E-state index is 12.4. The van der Waals surface area contributed by atoms with Gasteiger partial charge in [0.05, 0.1) is 17.0 Å². The van der Waals surface area contributed by atoms with Crippen molar-refractivity contribution in [3.05, 3.63) is 47.2 Å². The van der Waals surface area contributed by atoms with Gasteiger partial charge in [-0.2, -0.15) is 5.21 Å². The summed E-state index contributed by atoms with van der Waals surface area (Å²) in [6.45, 7) is 0. The van der Waals surface area contributed by atoms with Crippen LogP contribution in [0.15, 0.2) is 44.9 Å². The average Bonchev–Trinajstić information content (AvgIpc) is 3.27. The van der Waals surface area contributed by atoms with Crippen LogP contribution < -0.4 is 0 Å². The summed E-state index contributed by atoms with van der Waals surface area (Å²) in [5.41, 5.74) is 0.191. The molecule has 0 atom stereocenters. The minimum Gasteiger partial charge on any atom is -0.290 e. The van der Waals surface area contributed by atoms with E-state index < -0.39 is 21.4 Å². The second kappa shape index (κ2) is 6.37. The van der Waals surface area contributed by atoms with Crippen molar-refractivity contribution < 1.29 is 18.0 Å². The van der Waals surface area contributed by atoms with Crippen molar-refractivity contribution in [3.8, 4) is 0 Å². The molecule has 0 aliphatic carbocycles. The van der Waals surface area contributed by atoms with Crippen molar-refractivity contribution in [2.45, 2.75) is 15.7 Å². The SMILES string of the molecule is O=C(Cc1csc(S(=O)(=O)c2ccccc2)n1)C(=O)c1nn[nH]n1. The van der Waals surface area contributed by atoms with Crippen LogP contribution in [0.3, 0.4) is 0 Å². The highest BCUT2D eigenvalue weighted by atomic mass is 32.2. The Labute approximate surface area is 139 Å². The third-order valence-electron chi connectivity index (χ3n) is 2.96.